The van der Waals surface area contributed by atoms with Crippen LogP contribution >= 0.6 is 11.3 Å². The van der Waals surface area contributed by atoms with Gasteiger partial charge in [0, 0.05) is 48.7 Å². The van der Waals surface area contributed by atoms with Crippen LogP contribution in [0.2, 0.25) is 0 Å². The van der Waals surface area contributed by atoms with Crippen LogP contribution in [0.5, 0.6) is 0 Å². The summed E-state index contributed by atoms with van der Waals surface area (Å²) in [6, 6.07) is 9.95. The molecule has 1 unspecified atom stereocenters. The highest BCUT2D eigenvalue weighted by atomic mass is 32.1. The number of rotatable bonds is 7. The van der Waals surface area contributed by atoms with Gasteiger partial charge in [-0.3, -0.25) is 4.90 Å². The van der Waals surface area contributed by atoms with Gasteiger partial charge in [-0.2, -0.15) is 13.2 Å². The summed E-state index contributed by atoms with van der Waals surface area (Å²) in [6.07, 6.45) is -1.52. The zero-order valence-electron chi connectivity index (χ0n) is 18.8. The summed E-state index contributed by atoms with van der Waals surface area (Å²) in [5.41, 5.74) is 2.45. The third-order valence-electron chi connectivity index (χ3n) is 6.79. The topological polar surface area (TPSA) is 64.5 Å². The minimum Gasteiger partial charge on any atom is -0.395 e. The summed E-state index contributed by atoms with van der Waals surface area (Å²) >= 11 is 1.10. The molecule has 2 aromatic heterocycles. The number of halogens is 3. The van der Waals surface area contributed by atoms with Crippen LogP contribution in [0.1, 0.15) is 23.3 Å². The molecule has 1 spiro atoms. The number of nitrogens with zero attached hydrogens (tertiary/aromatic N) is 4. The van der Waals surface area contributed by atoms with Crippen molar-refractivity contribution in [2.24, 2.45) is 5.41 Å². The fourth-order valence-corrected chi connectivity index (χ4v) is 6.25. The largest absolute Gasteiger partial charge is 0.395 e. The van der Waals surface area contributed by atoms with E-state index in [1.54, 1.807) is 6.07 Å². The lowest BCUT2D eigenvalue weighted by atomic mass is 9.86. The first-order valence-corrected chi connectivity index (χ1v) is 12.4. The van der Waals surface area contributed by atoms with E-state index in [1.165, 1.54) is 11.9 Å². The normalized spacial score (nSPS) is 21.2. The van der Waals surface area contributed by atoms with Gasteiger partial charge in [-0.15, -0.1) is 11.3 Å². The van der Waals surface area contributed by atoms with E-state index in [0.29, 0.717) is 11.4 Å². The van der Waals surface area contributed by atoms with Crippen LogP contribution < -0.4 is 10.2 Å². The van der Waals surface area contributed by atoms with Crippen molar-refractivity contribution in [1.82, 2.24) is 14.9 Å². The van der Waals surface area contributed by atoms with E-state index in [0.717, 1.165) is 73.8 Å². The predicted octanol–water partition coefficient (Wildman–Crippen LogP) is 4.30. The smallest absolute Gasteiger partial charge is 0.393 e. The highest BCUT2D eigenvalue weighted by molar-refractivity contribution is 7.18. The molecule has 6 nitrogen and oxygen atoms in total. The van der Waals surface area contributed by atoms with E-state index in [1.807, 2.05) is 12.1 Å². The molecule has 2 fully saturated rings. The second kappa shape index (κ2) is 9.31. The molecule has 10 heteroatoms. The highest BCUT2D eigenvalue weighted by Gasteiger charge is 2.44. The SMILES string of the molecule is OCCNc1ccc(CN2CCC3(CCN(c4ncnc5sc(CC(F)(F)F)cc45)C3)C2)cc1. The molecular weight excluding hydrogens is 463 g/mol. The summed E-state index contributed by atoms with van der Waals surface area (Å²) < 4.78 is 38.6. The van der Waals surface area contributed by atoms with Crippen LogP contribution in [0.3, 0.4) is 0 Å². The Kier molecular flexibility index (Phi) is 6.39. The third-order valence-corrected chi connectivity index (χ3v) is 7.83. The van der Waals surface area contributed by atoms with Gasteiger partial charge in [0.2, 0.25) is 0 Å². The number of benzene rings is 1. The average Bonchev–Trinajstić information content (AvgIpc) is 3.50. The molecule has 4 heterocycles. The van der Waals surface area contributed by atoms with Crippen molar-refractivity contribution in [3.63, 3.8) is 0 Å². The lowest BCUT2D eigenvalue weighted by Crippen LogP contribution is -2.31. The highest BCUT2D eigenvalue weighted by Crippen LogP contribution is 2.43. The molecule has 0 aliphatic carbocycles. The Balaban J connectivity index is 1.24. The molecule has 1 atom stereocenters. The van der Waals surface area contributed by atoms with Gasteiger partial charge >= 0.3 is 6.18 Å². The summed E-state index contributed by atoms with van der Waals surface area (Å²) in [6.45, 7) is 5.30. The fraction of sp³-hybridized carbons (Fsp3) is 0.500. The second-order valence-corrected chi connectivity index (χ2v) is 10.5. The van der Waals surface area contributed by atoms with E-state index >= 15 is 0 Å². The zero-order valence-corrected chi connectivity index (χ0v) is 19.6. The number of aliphatic hydroxyl groups excluding tert-OH is 1. The first kappa shape index (κ1) is 23.3. The molecule has 0 amide bonds. The van der Waals surface area contributed by atoms with Gasteiger partial charge < -0.3 is 15.3 Å². The van der Waals surface area contributed by atoms with Crippen LogP contribution in [0, 0.1) is 5.41 Å². The predicted molar refractivity (Wildman–Crippen MR) is 128 cm³/mol. The maximum absolute atomic E-state index is 12.9. The lowest BCUT2D eigenvalue weighted by molar-refractivity contribution is -0.126. The number of anilines is 2. The standard InChI is InChI=1S/C24H28F3N5OS/c25-24(26,27)12-19-11-20-21(29-16-30-22(20)34-19)32-9-6-23(15-32)5-8-31(14-23)13-17-1-3-18(4-2-17)28-7-10-33/h1-4,11,16,28,33H,5-10,12-15H2. The average molecular weight is 492 g/mol. The first-order valence-electron chi connectivity index (χ1n) is 11.5. The van der Waals surface area contributed by atoms with Crippen molar-refractivity contribution in [3.05, 3.63) is 47.1 Å². The molecule has 5 rings (SSSR count). The molecule has 2 N–H and O–H groups in total. The molecule has 0 bridgehead atoms. The molecule has 0 radical (unpaired) electrons. The van der Waals surface area contributed by atoms with Crippen molar-refractivity contribution in [2.45, 2.75) is 32.0 Å². The molecule has 1 aromatic carbocycles. The van der Waals surface area contributed by atoms with Gasteiger partial charge in [0.1, 0.15) is 17.0 Å². The van der Waals surface area contributed by atoms with Crippen LogP contribution in [-0.2, 0) is 13.0 Å². The molecule has 182 valence electrons. The van der Waals surface area contributed by atoms with E-state index in [2.05, 4.69) is 37.2 Å². The van der Waals surface area contributed by atoms with Crippen LogP contribution in [0.25, 0.3) is 10.2 Å². The molecule has 0 saturated carbocycles. The number of nitrogens with one attached hydrogen (secondary N) is 1. The third kappa shape index (κ3) is 5.13. The van der Waals surface area contributed by atoms with Crippen molar-refractivity contribution in [3.8, 4) is 0 Å². The Labute approximate surface area is 200 Å². The van der Waals surface area contributed by atoms with Crippen LogP contribution in [0.15, 0.2) is 36.7 Å². The van der Waals surface area contributed by atoms with Gasteiger partial charge in [-0.25, -0.2) is 9.97 Å². The molecule has 2 aliphatic rings. The second-order valence-electron chi connectivity index (χ2n) is 9.40. The van der Waals surface area contributed by atoms with Crippen LogP contribution in [0.4, 0.5) is 24.7 Å². The monoisotopic (exact) mass is 491 g/mol. The van der Waals surface area contributed by atoms with Crippen molar-refractivity contribution in [2.75, 3.05) is 49.5 Å². The Morgan fingerprint density at radius 2 is 1.88 bits per heavy atom. The van der Waals surface area contributed by atoms with Crippen molar-refractivity contribution < 1.29 is 18.3 Å². The molecule has 2 saturated heterocycles. The Hall–Kier alpha value is -2.43. The number of alkyl halides is 3. The summed E-state index contributed by atoms with van der Waals surface area (Å²) in [5, 5.41) is 12.8. The summed E-state index contributed by atoms with van der Waals surface area (Å²) in [4.78, 5) is 14.3. The van der Waals surface area contributed by atoms with E-state index in [9.17, 15) is 13.2 Å². The van der Waals surface area contributed by atoms with Crippen LogP contribution in [-0.4, -0.2) is 65.5 Å². The summed E-state index contributed by atoms with van der Waals surface area (Å²) in [5.74, 6) is 0.760. The quantitative estimate of drug-likeness (QED) is 0.514. The zero-order chi connectivity index (χ0) is 23.8. The van der Waals surface area contributed by atoms with E-state index in [4.69, 9.17) is 5.11 Å². The van der Waals surface area contributed by atoms with Gasteiger partial charge in [-0.05, 0) is 43.1 Å². The Morgan fingerprint density at radius 3 is 2.65 bits per heavy atom. The number of hydrogen-bond donors (Lipinski definition) is 2. The first-order chi connectivity index (χ1) is 16.3. The number of likely N-dealkylation sites (tertiary alicyclic amines) is 1. The minimum atomic E-state index is -4.23. The van der Waals surface area contributed by atoms with E-state index in [-0.39, 0.29) is 16.9 Å². The Morgan fingerprint density at radius 1 is 1.09 bits per heavy atom. The number of hydrogen-bond acceptors (Lipinski definition) is 7. The summed E-state index contributed by atoms with van der Waals surface area (Å²) in [7, 11) is 0. The van der Waals surface area contributed by atoms with E-state index < -0.39 is 12.6 Å². The van der Waals surface area contributed by atoms with Crippen molar-refractivity contribution in [1.29, 1.82) is 0 Å². The number of aromatic nitrogens is 2. The molecular formula is C24H28F3N5OS. The Bertz CT molecular complexity index is 1140. The minimum absolute atomic E-state index is 0.107. The number of aliphatic hydroxyl groups is 1. The van der Waals surface area contributed by atoms with Gasteiger partial charge in [0.15, 0.2) is 0 Å². The number of thiophene rings is 1. The maximum Gasteiger partial charge on any atom is 0.393 e. The lowest BCUT2D eigenvalue weighted by Gasteiger charge is -2.25. The van der Waals surface area contributed by atoms with Gasteiger partial charge in [-0.1, -0.05) is 12.1 Å². The number of fused-ring (bicyclic) bond motifs is 1. The molecule has 3 aromatic rings. The maximum atomic E-state index is 12.9. The fourth-order valence-electron chi connectivity index (χ4n) is 5.23. The van der Waals surface area contributed by atoms with Crippen molar-refractivity contribution >= 4 is 33.1 Å². The molecule has 2 aliphatic heterocycles. The van der Waals surface area contributed by atoms with Gasteiger partial charge in [0.05, 0.1) is 18.4 Å². The molecule has 34 heavy (non-hydrogen) atoms. The van der Waals surface area contributed by atoms with Gasteiger partial charge in [0.25, 0.3) is 0 Å².